The molecule has 0 spiro atoms. The van der Waals surface area contributed by atoms with Crippen LogP contribution in [0.4, 0.5) is 10.2 Å². The van der Waals surface area contributed by atoms with Crippen LogP contribution in [0.25, 0.3) is 21.9 Å². The van der Waals surface area contributed by atoms with Crippen molar-refractivity contribution in [2.75, 3.05) is 25.0 Å². The number of pyridine rings is 1. The van der Waals surface area contributed by atoms with E-state index in [1.54, 1.807) is 42.5 Å². The fourth-order valence-electron chi connectivity index (χ4n) is 4.14. The second-order valence-corrected chi connectivity index (χ2v) is 8.61. The molecule has 1 amide bonds. The molecule has 0 unspecified atom stereocenters. The number of hydrogen-bond donors (Lipinski definition) is 1. The van der Waals surface area contributed by atoms with E-state index in [1.165, 1.54) is 6.07 Å². The molecular formula is C23H28FN5O. The number of carbonyl (C=O) groups is 1. The van der Waals surface area contributed by atoms with E-state index < -0.39 is 0 Å². The van der Waals surface area contributed by atoms with Crippen LogP contribution in [-0.2, 0) is 11.8 Å². The highest BCUT2D eigenvalue weighted by atomic mass is 19.1. The maximum atomic E-state index is 14.5. The summed E-state index contributed by atoms with van der Waals surface area (Å²) in [6.45, 7) is 7.42. The van der Waals surface area contributed by atoms with Gasteiger partial charge in [-0.2, -0.15) is 5.10 Å². The maximum Gasteiger partial charge on any atom is 0.228 e. The number of halogens is 1. The molecule has 1 aliphatic heterocycles. The Morgan fingerprint density at radius 1 is 1.20 bits per heavy atom. The van der Waals surface area contributed by atoms with Gasteiger partial charge in [0.2, 0.25) is 5.91 Å². The summed E-state index contributed by atoms with van der Waals surface area (Å²) in [5.41, 5.74) is 1.20. The lowest BCUT2D eigenvalue weighted by atomic mass is 9.95. The SMILES string of the molecule is CC(C)CN1CCC(C(=O)Nc2cc3cc(-c4cnn(C)c4)c(F)cc3cn2)CC1. The molecule has 1 saturated heterocycles. The van der Waals surface area contributed by atoms with Crippen molar-refractivity contribution in [1.29, 1.82) is 0 Å². The van der Waals surface area contributed by atoms with E-state index in [0.717, 1.165) is 37.9 Å². The average molecular weight is 410 g/mol. The average Bonchev–Trinajstić information content (AvgIpc) is 3.14. The number of piperidine rings is 1. The van der Waals surface area contributed by atoms with Gasteiger partial charge >= 0.3 is 0 Å². The molecule has 2 aromatic heterocycles. The number of anilines is 1. The molecule has 3 heterocycles. The highest BCUT2D eigenvalue weighted by molar-refractivity contribution is 5.95. The van der Waals surface area contributed by atoms with Crippen molar-refractivity contribution in [3.8, 4) is 11.1 Å². The van der Waals surface area contributed by atoms with Gasteiger partial charge in [0.05, 0.1) is 6.20 Å². The lowest BCUT2D eigenvalue weighted by Gasteiger charge is -2.32. The van der Waals surface area contributed by atoms with Gasteiger partial charge in [0.15, 0.2) is 0 Å². The summed E-state index contributed by atoms with van der Waals surface area (Å²) in [5.74, 6) is 0.840. The summed E-state index contributed by atoms with van der Waals surface area (Å²) in [6.07, 6.45) is 6.75. The summed E-state index contributed by atoms with van der Waals surface area (Å²) >= 11 is 0. The largest absolute Gasteiger partial charge is 0.310 e. The molecule has 3 aromatic rings. The number of rotatable bonds is 5. The molecule has 0 bridgehead atoms. The molecule has 0 radical (unpaired) electrons. The smallest absolute Gasteiger partial charge is 0.228 e. The number of nitrogens with one attached hydrogen (secondary N) is 1. The molecule has 6 nitrogen and oxygen atoms in total. The summed E-state index contributed by atoms with van der Waals surface area (Å²) in [6, 6.07) is 5.06. The van der Waals surface area contributed by atoms with Gasteiger partial charge in [0.25, 0.3) is 0 Å². The van der Waals surface area contributed by atoms with Crippen molar-refractivity contribution in [2.24, 2.45) is 18.9 Å². The Hall–Kier alpha value is -2.80. The van der Waals surface area contributed by atoms with Crippen molar-refractivity contribution in [3.63, 3.8) is 0 Å². The third kappa shape index (κ3) is 4.51. The first kappa shape index (κ1) is 20.5. The third-order valence-corrected chi connectivity index (χ3v) is 5.66. The Bertz CT molecular complexity index is 1050. The van der Waals surface area contributed by atoms with Gasteiger partial charge in [-0.05, 0) is 55.4 Å². The second-order valence-electron chi connectivity index (χ2n) is 8.61. The molecule has 7 heteroatoms. The van der Waals surface area contributed by atoms with E-state index in [-0.39, 0.29) is 17.6 Å². The van der Waals surface area contributed by atoms with Crippen LogP contribution in [0.1, 0.15) is 26.7 Å². The molecule has 1 N–H and O–H groups in total. The van der Waals surface area contributed by atoms with Gasteiger partial charge in [-0.15, -0.1) is 0 Å². The molecule has 158 valence electrons. The Labute approximate surface area is 176 Å². The van der Waals surface area contributed by atoms with Crippen LogP contribution in [0.3, 0.4) is 0 Å². The first-order valence-corrected chi connectivity index (χ1v) is 10.5. The third-order valence-electron chi connectivity index (χ3n) is 5.66. The predicted octanol–water partition coefficient (Wildman–Crippen LogP) is 4.08. The molecule has 1 aromatic carbocycles. The number of aromatic nitrogens is 3. The van der Waals surface area contributed by atoms with Crippen LogP contribution in [-0.4, -0.2) is 45.2 Å². The zero-order valence-electron chi connectivity index (χ0n) is 17.7. The van der Waals surface area contributed by atoms with E-state index in [9.17, 15) is 9.18 Å². The van der Waals surface area contributed by atoms with Crippen molar-refractivity contribution < 1.29 is 9.18 Å². The minimum atomic E-state index is -0.317. The zero-order valence-corrected chi connectivity index (χ0v) is 17.7. The Balaban J connectivity index is 1.48. The number of carbonyl (C=O) groups excluding carboxylic acids is 1. The van der Waals surface area contributed by atoms with Crippen LogP contribution < -0.4 is 5.32 Å². The maximum absolute atomic E-state index is 14.5. The van der Waals surface area contributed by atoms with Gasteiger partial charge in [0, 0.05) is 48.4 Å². The van der Waals surface area contributed by atoms with E-state index >= 15 is 0 Å². The van der Waals surface area contributed by atoms with Crippen LogP contribution in [0.15, 0.2) is 36.8 Å². The fourth-order valence-corrected chi connectivity index (χ4v) is 4.14. The zero-order chi connectivity index (χ0) is 21.3. The van der Waals surface area contributed by atoms with Crippen molar-refractivity contribution in [1.82, 2.24) is 19.7 Å². The quantitative estimate of drug-likeness (QED) is 0.690. The van der Waals surface area contributed by atoms with Crippen molar-refractivity contribution >= 4 is 22.5 Å². The van der Waals surface area contributed by atoms with E-state index in [0.29, 0.717) is 28.2 Å². The molecule has 1 aliphatic rings. The number of aryl methyl sites for hydroxylation is 1. The Morgan fingerprint density at radius 2 is 1.97 bits per heavy atom. The predicted molar refractivity (Wildman–Crippen MR) is 117 cm³/mol. The van der Waals surface area contributed by atoms with Gasteiger partial charge in [0.1, 0.15) is 11.6 Å². The van der Waals surface area contributed by atoms with Crippen LogP contribution >= 0.6 is 0 Å². The molecule has 0 aliphatic carbocycles. The van der Waals surface area contributed by atoms with Gasteiger partial charge in [-0.25, -0.2) is 9.37 Å². The number of amides is 1. The second kappa shape index (κ2) is 8.52. The van der Waals surface area contributed by atoms with E-state index in [4.69, 9.17) is 0 Å². The summed E-state index contributed by atoms with van der Waals surface area (Å²) in [5, 5.41) is 8.60. The normalized spacial score (nSPS) is 15.8. The Kier molecular flexibility index (Phi) is 5.81. The van der Waals surface area contributed by atoms with Crippen LogP contribution in [0.5, 0.6) is 0 Å². The first-order valence-electron chi connectivity index (χ1n) is 10.5. The molecule has 1 fully saturated rings. The monoisotopic (exact) mass is 409 g/mol. The summed E-state index contributed by atoms with van der Waals surface area (Å²) < 4.78 is 16.2. The lowest BCUT2D eigenvalue weighted by Crippen LogP contribution is -2.39. The lowest BCUT2D eigenvalue weighted by molar-refractivity contribution is -0.121. The number of hydrogen-bond acceptors (Lipinski definition) is 4. The minimum absolute atomic E-state index is 0.00470. The molecule has 4 rings (SSSR count). The number of benzene rings is 1. The molecular weight excluding hydrogens is 381 g/mol. The van der Waals surface area contributed by atoms with Crippen molar-refractivity contribution in [3.05, 3.63) is 42.6 Å². The van der Waals surface area contributed by atoms with E-state index in [1.807, 2.05) is 0 Å². The molecule has 0 atom stereocenters. The van der Waals surface area contributed by atoms with Crippen LogP contribution in [0.2, 0.25) is 0 Å². The fraction of sp³-hybridized carbons (Fsp3) is 0.435. The van der Waals surface area contributed by atoms with Gasteiger partial charge < -0.3 is 10.2 Å². The highest BCUT2D eigenvalue weighted by Crippen LogP contribution is 2.28. The van der Waals surface area contributed by atoms with E-state index in [2.05, 4.69) is 34.1 Å². The Morgan fingerprint density at radius 3 is 2.63 bits per heavy atom. The summed E-state index contributed by atoms with van der Waals surface area (Å²) in [4.78, 5) is 19.5. The topological polar surface area (TPSA) is 63.1 Å². The number of fused-ring (bicyclic) bond motifs is 1. The van der Waals surface area contributed by atoms with Crippen LogP contribution in [0, 0.1) is 17.7 Å². The molecule has 30 heavy (non-hydrogen) atoms. The first-order chi connectivity index (χ1) is 14.4. The summed E-state index contributed by atoms with van der Waals surface area (Å²) in [7, 11) is 1.80. The number of nitrogens with zero attached hydrogens (tertiary/aromatic N) is 4. The molecule has 0 saturated carbocycles. The minimum Gasteiger partial charge on any atom is -0.310 e. The standard InChI is InChI=1S/C23H28FN5O/c1-15(2)13-29-6-4-16(5-7-29)23(30)27-22-10-17-8-20(19-12-26-28(3)14-19)21(24)9-18(17)11-25-22/h8-12,14-16H,4-7,13H2,1-3H3,(H,25,27,30). The van der Waals surface area contributed by atoms with Crippen molar-refractivity contribution in [2.45, 2.75) is 26.7 Å². The van der Waals surface area contributed by atoms with Gasteiger partial charge in [-0.1, -0.05) is 13.8 Å². The number of likely N-dealkylation sites (tertiary alicyclic amines) is 1. The highest BCUT2D eigenvalue weighted by Gasteiger charge is 2.25. The van der Waals surface area contributed by atoms with Gasteiger partial charge in [-0.3, -0.25) is 9.48 Å².